The van der Waals surface area contributed by atoms with Gasteiger partial charge in [0.2, 0.25) is 0 Å². The Kier molecular flexibility index (Phi) is 4.23. The van der Waals surface area contributed by atoms with Crippen LogP contribution in [0.5, 0.6) is 0 Å². The number of nitrogens with one attached hydrogen (secondary N) is 1. The molecule has 1 aromatic rings. The number of hydrogen-bond donors (Lipinski definition) is 1. The van der Waals surface area contributed by atoms with Gasteiger partial charge in [0.1, 0.15) is 0 Å². The first-order chi connectivity index (χ1) is 10.3. The molecule has 1 N–H and O–H groups in total. The minimum Gasteiger partial charge on any atom is -0.316 e. The Labute approximate surface area is 141 Å². The molecule has 0 spiro atoms. The molecule has 7 heteroatoms. The van der Waals surface area contributed by atoms with Crippen molar-refractivity contribution in [1.82, 2.24) is 5.32 Å². The van der Waals surface area contributed by atoms with Gasteiger partial charge < -0.3 is 5.32 Å². The van der Waals surface area contributed by atoms with Crippen LogP contribution in [0.1, 0.15) is 24.8 Å². The standard InChI is InChI=1S/C15H19Cl2NO3S/c1-22(19,20)21-7-5-14-9-15(14,4-6-18-10-14)11-2-3-12(16)13(17)8-11/h2-3,8,18H,4-7,9-10H2,1H3. The first-order valence-corrected chi connectivity index (χ1v) is 9.86. The fourth-order valence-electron chi connectivity index (χ4n) is 3.90. The monoisotopic (exact) mass is 363 g/mol. The molecule has 1 saturated heterocycles. The average Bonchev–Trinajstić information content (AvgIpc) is 3.10. The predicted octanol–water partition coefficient (Wildman–Crippen LogP) is 2.98. The quantitative estimate of drug-likeness (QED) is 0.817. The van der Waals surface area contributed by atoms with Crippen molar-refractivity contribution in [2.24, 2.45) is 5.41 Å². The van der Waals surface area contributed by atoms with Gasteiger partial charge in [-0.1, -0.05) is 29.3 Å². The molecule has 2 fully saturated rings. The Hall–Kier alpha value is -0.330. The predicted molar refractivity (Wildman–Crippen MR) is 88.1 cm³/mol. The lowest BCUT2D eigenvalue weighted by Crippen LogP contribution is -2.39. The highest BCUT2D eigenvalue weighted by atomic mass is 35.5. The summed E-state index contributed by atoms with van der Waals surface area (Å²) in [6, 6.07) is 5.83. The van der Waals surface area contributed by atoms with Crippen LogP contribution in [0, 0.1) is 5.41 Å². The van der Waals surface area contributed by atoms with Crippen LogP contribution in [0.4, 0.5) is 0 Å². The Morgan fingerprint density at radius 3 is 2.77 bits per heavy atom. The molecule has 0 radical (unpaired) electrons. The van der Waals surface area contributed by atoms with Crippen LogP contribution in [0.15, 0.2) is 18.2 Å². The molecule has 2 aliphatic rings. The Morgan fingerprint density at radius 1 is 1.32 bits per heavy atom. The molecule has 22 heavy (non-hydrogen) atoms. The van der Waals surface area contributed by atoms with E-state index >= 15 is 0 Å². The second-order valence-electron chi connectivity index (χ2n) is 6.37. The van der Waals surface area contributed by atoms with Gasteiger partial charge >= 0.3 is 0 Å². The van der Waals surface area contributed by atoms with E-state index in [0.29, 0.717) is 16.5 Å². The molecule has 1 saturated carbocycles. The van der Waals surface area contributed by atoms with E-state index in [2.05, 4.69) is 5.32 Å². The fraction of sp³-hybridized carbons (Fsp3) is 0.600. The summed E-state index contributed by atoms with van der Waals surface area (Å²) in [6.07, 6.45) is 3.85. The van der Waals surface area contributed by atoms with E-state index in [-0.39, 0.29) is 17.4 Å². The van der Waals surface area contributed by atoms with Gasteiger partial charge in [-0.2, -0.15) is 8.42 Å². The van der Waals surface area contributed by atoms with Crippen LogP contribution in [0.3, 0.4) is 0 Å². The molecule has 4 nitrogen and oxygen atoms in total. The zero-order valence-electron chi connectivity index (χ0n) is 12.4. The van der Waals surface area contributed by atoms with E-state index in [1.807, 2.05) is 18.2 Å². The number of benzene rings is 1. The zero-order valence-corrected chi connectivity index (χ0v) is 14.7. The summed E-state index contributed by atoms with van der Waals surface area (Å²) in [7, 11) is -3.39. The summed E-state index contributed by atoms with van der Waals surface area (Å²) in [5.41, 5.74) is 1.31. The molecule has 122 valence electrons. The van der Waals surface area contributed by atoms with Gasteiger partial charge in [0.15, 0.2) is 0 Å². The maximum absolute atomic E-state index is 11.2. The van der Waals surface area contributed by atoms with E-state index in [4.69, 9.17) is 27.4 Å². The van der Waals surface area contributed by atoms with Gasteiger partial charge in [0, 0.05) is 12.0 Å². The van der Waals surface area contributed by atoms with Crippen LogP contribution < -0.4 is 5.32 Å². The summed E-state index contributed by atoms with van der Waals surface area (Å²) >= 11 is 12.2. The van der Waals surface area contributed by atoms with Gasteiger partial charge in [-0.05, 0) is 48.9 Å². The lowest BCUT2D eigenvalue weighted by atomic mass is 9.79. The number of fused-ring (bicyclic) bond motifs is 1. The number of piperidine rings is 1. The zero-order chi connectivity index (χ0) is 16.0. The highest BCUT2D eigenvalue weighted by Crippen LogP contribution is 2.69. The van der Waals surface area contributed by atoms with Crippen molar-refractivity contribution in [2.75, 3.05) is 26.0 Å². The largest absolute Gasteiger partial charge is 0.316 e. The first-order valence-electron chi connectivity index (χ1n) is 7.29. The third-order valence-corrected chi connectivity index (χ3v) is 6.41. The number of halogens is 2. The van der Waals surface area contributed by atoms with E-state index in [1.165, 1.54) is 5.56 Å². The Balaban J connectivity index is 1.81. The van der Waals surface area contributed by atoms with Crippen molar-refractivity contribution in [1.29, 1.82) is 0 Å². The molecule has 2 unspecified atom stereocenters. The van der Waals surface area contributed by atoms with Crippen molar-refractivity contribution in [3.63, 3.8) is 0 Å². The van der Waals surface area contributed by atoms with Gasteiger partial charge in [-0.15, -0.1) is 0 Å². The summed E-state index contributed by atoms with van der Waals surface area (Å²) in [5, 5.41) is 4.55. The van der Waals surface area contributed by atoms with Gasteiger partial charge in [-0.25, -0.2) is 0 Å². The van der Waals surface area contributed by atoms with Gasteiger partial charge in [0.05, 0.1) is 22.9 Å². The van der Waals surface area contributed by atoms with Gasteiger partial charge in [0.25, 0.3) is 10.1 Å². The lowest BCUT2D eigenvalue weighted by Gasteiger charge is -2.32. The van der Waals surface area contributed by atoms with Crippen LogP contribution in [-0.2, 0) is 19.7 Å². The molecule has 0 amide bonds. The van der Waals surface area contributed by atoms with E-state index in [9.17, 15) is 8.42 Å². The van der Waals surface area contributed by atoms with Crippen molar-refractivity contribution >= 4 is 33.3 Å². The van der Waals surface area contributed by atoms with Gasteiger partial charge in [-0.3, -0.25) is 4.18 Å². The summed E-state index contributed by atoms with van der Waals surface area (Å²) in [4.78, 5) is 0. The molecule has 0 aromatic heterocycles. The van der Waals surface area contributed by atoms with Crippen LogP contribution in [0.2, 0.25) is 10.0 Å². The summed E-state index contributed by atoms with van der Waals surface area (Å²) in [6.45, 7) is 2.05. The highest BCUT2D eigenvalue weighted by Gasteiger charge is 2.67. The van der Waals surface area contributed by atoms with Crippen LogP contribution in [-0.4, -0.2) is 34.4 Å². The molecule has 1 heterocycles. The summed E-state index contributed by atoms with van der Waals surface area (Å²) in [5.74, 6) is 0. The maximum Gasteiger partial charge on any atom is 0.264 e. The first kappa shape index (κ1) is 16.5. The Bertz CT molecular complexity index is 694. The molecule has 1 aromatic carbocycles. The van der Waals surface area contributed by atoms with Crippen molar-refractivity contribution in [2.45, 2.75) is 24.7 Å². The molecular formula is C15H19Cl2NO3S. The van der Waals surface area contributed by atoms with E-state index in [0.717, 1.165) is 32.2 Å². The molecular weight excluding hydrogens is 345 g/mol. The number of hydrogen-bond acceptors (Lipinski definition) is 4. The van der Waals surface area contributed by atoms with E-state index in [1.54, 1.807) is 0 Å². The summed E-state index contributed by atoms with van der Waals surface area (Å²) < 4.78 is 27.3. The SMILES string of the molecule is CS(=O)(=O)OCCC12CNCCC1(c1ccc(Cl)c(Cl)c1)C2. The molecule has 3 rings (SSSR count). The number of rotatable bonds is 5. The molecule has 1 aliphatic carbocycles. The Morgan fingerprint density at radius 2 is 2.09 bits per heavy atom. The second-order valence-corrected chi connectivity index (χ2v) is 8.83. The third-order valence-electron chi connectivity index (χ3n) is 5.07. The molecule has 0 bridgehead atoms. The minimum atomic E-state index is -3.39. The highest BCUT2D eigenvalue weighted by molar-refractivity contribution is 7.85. The average molecular weight is 364 g/mol. The van der Waals surface area contributed by atoms with Crippen LogP contribution in [0.25, 0.3) is 0 Å². The fourth-order valence-corrected chi connectivity index (χ4v) is 4.58. The van der Waals surface area contributed by atoms with Crippen LogP contribution >= 0.6 is 23.2 Å². The lowest BCUT2D eigenvalue weighted by molar-refractivity contribution is 0.233. The molecule has 1 aliphatic heterocycles. The maximum atomic E-state index is 11.2. The van der Waals surface area contributed by atoms with Crippen molar-refractivity contribution < 1.29 is 12.6 Å². The normalized spacial score (nSPS) is 30.9. The smallest absolute Gasteiger partial charge is 0.264 e. The van der Waals surface area contributed by atoms with Crippen molar-refractivity contribution in [3.05, 3.63) is 33.8 Å². The van der Waals surface area contributed by atoms with E-state index < -0.39 is 10.1 Å². The third kappa shape index (κ3) is 2.89. The topological polar surface area (TPSA) is 55.4 Å². The molecule has 2 atom stereocenters. The van der Waals surface area contributed by atoms with Crippen molar-refractivity contribution in [3.8, 4) is 0 Å². The second kappa shape index (κ2) is 5.64. The minimum absolute atomic E-state index is 0.0487.